The summed E-state index contributed by atoms with van der Waals surface area (Å²) in [6, 6.07) is 14.7. The van der Waals surface area contributed by atoms with Crippen molar-refractivity contribution in [3.63, 3.8) is 0 Å². The topological polar surface area (TPSA) is 97.6 Å². The van der Waals surface area contributed by atoms with Gasteiger partial charge in [-0.1, -0.05) is 48.6 Å². The first-order valence-corrected chi connectivity index (χ1v) is 11.5. The smallest absolute Gasteiger partial charge is 0.269 e. The Morgan fingerprint density at radius 1 is 1.00 bits per heavy atom. The lowest BCUT2D eigenvalue weighted by molar-refractivity contribution is -0.384. The van der Waals surface area contributed by atoms with E-state index in [2.05, 4.69) is 0 Å². The second kappa shape index (κ2) is 7.52. The van der Waals surface area contributed by atoms with Crippen molar-refractivity contribution in [3.05, 3.63) is 111 Å². The predicted molar refractivity (Wildman–Crippen MR) is 130 cm³/mol. The molecular formula is C28H19FN2O5. The minimum Gasteiger partial charge on any atom is -0.352 e. The third-order valence-electron chi connectivity index (χ3n) is 7.65. The van der Waals surface area contributed by atoms with Crippen LogP contribution >= 0.6 is 0 Å². The number of carbonyl (C=O) groups excluding carboxylic acids is 3. The number of non-ortho nitro benzene ring substituents is 1. The molecule has 0 amide bonds. The van der Waals surface area contributed by atoms with E-state index in [1.165, 1.54) is 43.3 Å². The second-order valence-corrected chi connectivity index (χ2v) is 9.37. The maximum atomic E-state index is 14.2. The monoisotopic (exact) mass is 482 g/mol. The number of ketones is 3. The molecular weight excluding hydrogens is 463 g/mol. The van der Waals surface area contributed by atoms with E-state index >= 15 is 0 Å². The maximum absolute atomic E-state index is 14.2. The van der Waals surface area contributed by atoms with Gasteiger partial charge in [0.15, 0.2) is 17.3 Å². The molecule has 1 fully saturated rings. The Morgan fingerprint density at radius 3 is 2.22 bits per heavy atom. The molecule has 8 heteroatoms. The third kappa shape index (κ3) is 2.69. The standard InChI is InChI=1S/C28H19FN2O5/c1-15(32)25-24(16-6-10-19(11-7-16)31(35)36)28(26(33)20-4-2-3-5-21(20)27(28)34)23-13-8-17-14-18(29)9-12-22(17)30(23)25/h2-14,23-25H,1H3/t23?,24-,25-/m0/s1. The van der Waals surface area contributed by atoms with Gasteiger partial charge in [0.2, 0.25) is 0 Å². The van der Waals surface area contributed by atoms with Gasteiger partial charge in [-0.15, -0.1) is 0 Å². The van der Waals surface area contributed by atoms with E-state index in [-0.39, 0.29) is 34.2 Å². The van der Waals surface area contributed by atoms with Crippen LogP contribution in [-0.4, -0.2) is 34.4 Å². The van der Waals surface area contributed by atoms with Crippen molar-refractivity contribution in [1.82, 2.24) is 0 Å². The van der Waals surface area contributed by atoms with Crippen LogP contribution in [0.3, 0.4) is 0 Å². The Balaban J connectivity index is 1.66. The largest absolute Gasteiger partial charge is 0.352 e. The summed E-state index contributed by atoms with van der Waals surface area (Å²) in [5, 5.41) is 11.3. The van der Waals surface area contributed by atoms with E-state index in [1.54, 1.807) is 47.4 Å². The molecule has 6 rings (SSSR count). The lowest BCUT2D eigenvalue weighted by atomic mass is 9.64. The number of fused-ring (bicyclic) bond motifs is 5. The summed E-state index contributed by atoms with van der Waals surface area (Å²) in [6.07, 6.45) is 3.38. The number of benzene rings is 3. The van der Waals surface area contributed by atoms with Gasteiger partial charge >= 0.3 is 0 Å². The van der Waals surface area contributed by atoms with Gasteiger partial charge in [-0.25, -0.2) is 4.39 Å². The molecule has 7 nitrogen and oxygen atoms in total. The fraction of sp³-hybridized carbons (Fsp3) is 0.179. The molecule has 1 aliphatic carbocycles. The molecule has 0 radical (unpaired) electrons. The van der Waals surface area contributed by atoms with Crippen LogP contribution < -0.4 is 4.90 Å². The summed E-state index contributed by atoms with van der Waals surface area (Å²) in [5.74, 6) is -2.42. The van der Waals surface area contributed by atoms with Crippen molar-refractivity contribution in [3.8, 4) is 0 Å². The van der Waals surface area contributed by atoms with Gasteiger partial charge in [-0.05, 0) is 30.7 Å². The van der Waals surface area contributed by atoms with Gasteiger partial charge in [-0.3, -0.25) is 24.5 Å². The molecule has 36 heavy (non-hydrogen) atoms. The van der Waals surface area contributed by atoms with Gasteiger partial charge in [0, 0.05) is 40.4 Å². The number of Topliss-reactive ketones (excluding diaryl/α,β-unsaturated/α-hetero) is 3. The van der Waals surface area contributed by atoms with Gasteiger partial charge in [0.25, 0.3) is 5.69 Å². The van der Waals surface area contributed by atoms with Gasteiger partial charge in [0.05, 0.1) is 17.0 Å². The molecule has 1 saturated heterocycles. The zero-order chi connectivity index (χ0) is 25.4. The lowest BCUT2D eigenvalue weighted by Crippen LogP contribution is -2.48. The summed E-state index contributed by atoms with van der Waals surface area (Å²) < 4.78 is 14.1. The Morgan fingerprint density at radius 2 is 1.64 bits per heavy atom. The van der Waals surface area contributed by atoms with E-state index in [4.69, 9.17) is 0 Å². The summed E-state index contributed by atoms with van der Waals surface area (Å²) >= 11 is 0. The van der Waals surface area contributed by atoms with Crippen LogP contribution in [-0.2, 0) is 4.79 Å². The molecule has 3 aromatic carbocycles. The van der Waals surface area contributed by atoms with Crippen LogP contribution in [0.15, 0.2) is 72.8 Å². The minimum atomic E-state index is -1.67. The van der Waals surface area contributed by atoms with Crippen LogP contribution in [0.1, 0.15) is 44.7 Å². The van der Waals surface area contributed by atoms with E-state index in [0.717, 1.165) is 0 Å². The minimum absolute atomic E-state index is 0.143. The highest BCUT2D eigenvalue weighted by molar-refractivity contribution is 6.32. The predicted octanol–water partition coefficient (Wildman–Crippen LogP) is 4.76. The normalized spacial score (nSPS) is 22.9. The first-order valence-electron chi connectivity index (χ1n) is 11.5. The molecule has 3 aromatic rings. The van der Waals surface area contributed by atoms with Crippen LogP contribution in [0.2, 0.25) is 0 Å². The molecule has 3 atom stereocenters. The number of nitrogens with zero attached hydrogens (tertiary/aromatic N) is 2. The quantitative estimate of drug-likeness (QED) is 0.303. The number of rotatable bonds is 3. The van der Waals surface area contributed by atoms with E-state index in [0.29, 0.717) is 16.8 Å². The van der Waals surface area contributed by atoms with Crippen molar-refractivity contribution in [2.24, 2.45) is 5.41 Å². The number of carbonyl (C=O) groups is 3. The summed E-state index contributed by atoms with van der Waals surface area (Å²) in [4.78, 5) is 54.2. The molecule has 3 aliphatic rings. The van der Waals surface area contributed by atoms with Crippen molar-refractivity contribution in [2.75, 3.05) is 4.90 Å². The summed E-state index contributed by atoms with van der Waals surface area (Å²) in [6.45, 7) is 1.40. The number of nitro groups is 1. The zero-order valence-corrected chi connectivity index (χ0v) is 19.1. The molecule has 2 heterocycles. The Labute approximate surface area is 205 Å². The molecule has 2 aliphatic heterocycles. The number of hydrogen-bond acceptors (Lipinski definition) is 6. The average Bonchev–Trinajstić information content (AvgIpc) is 3.30. The number of anilines is 1. The van der Waals surface area contributed by atoms with E-state index in [9.17, 15) is 28.9 Å². The Hall–Kier alpha value is -4.46. The van der Waals surface area contributed by atoms with Crippen LogP contribution in [0, 0.1) is 21.3 Å². The Bertz CT molecular complexity index is 1490. The highest BCUT2D eigenvalue weighted by Crippen LogP contribution is 2.60. The van der Waals surface area contributed by atoms with Gasteiger partial charge < -0.3 is 4.90 Å². The number of hydrogen-bond donors (Lipinski definition) is 0. The highest BCUT2D eigenvalue weighted by atomic mass is 19.1. The van der Waals surface area contributed by atoms with Crippen molar-refractivity contribution in [1.29, 1.82) is 0 Å². The summed E-state index contributed by atoms with van der Waals surface area (Å²) in [5.41, 5.74) is 0.321. The lowest BCUT2D eigenvalue weighted by Gasteiger charge is -2.37. The van der Waals surface area contributed by atoms with E-state index < -0.39 is 34.2 Å². The van der Waals surface area contributed by atoms with Crippen molar-refractivity contribution < 1.29 is 23.7 Å². The van der Waals surface area contributed by atoms with Crippen LogP contribution in [0.4, 0.5) is 15.8 Å². The number of halogens is 1. The van der Waals surface area contributed by atoms with Gasteiger partial charge in [0.1, 0.15) is 11.2 Å². The molecule has 1 unspecified atom stereocenters. The fourth-order valence-electron chi connectivity index (χ4n) is 6.28. The maximum Gasteiger partial charge on any atom is 0.269 e. The highest BCUT2D eigenvalue weighted by Gasteiger charge is 2.71. The SMILES string of the molecule is CC(=O)[C@H]1[C@H](c2ccc([N+](=O)[O-])cc2)C2(C(=O)c3ccccc3C2=O)C2C=Cc3cc(F)ccc3N21. The average molecular weight is 482 g/mol. The first kappa shape index (κ1) is 22.0. The zero-order valence-electron chi connectivity index (χ0n) is 19.1. The molecule has 178 valence electrons. The molecule has 0 aromatic heterocycles. The molecule has 0 bridgehead atoms. The molecule has 0 N–H and O–H groups in total. The van der Waals surface area contributed by atoms with Crippen molar-refractivity contribution in [2.45, 2.75) is 24.9 Å². The first-order chi connectivity index (χ1) is 17.3. The van der Waals surface area contributed by atoms with Gasteiger partial charge in [-0.2, -0.15) is 0 Å². The number of nitro benzene ring substituents is 1. The Kier molecular flexibility index (Phi) is 4.60. The van der Waals surface area contributed by atoms with E-state index in [1.807, 2.05) is 0 Å². The van der Waals surface area contributed by atoms with Crippen LogP contribution in [0.5, 0.6) is 0 Å². The second-order valence-electron chi connectivity index (χ2n) is 9.37. The molecule has 0 saturated carbocycles. The fourth-order valence-corrected chi connectivity index (χ4v) is 6.28. The third-order valence-corrected chi connectivity index (χ3v) is 7.65. The molecule has 1 spiro atoms. The van der Waals surface area contributed by atoms with Crippen LogP contribution in [0.25, 0.3) is 6.08 Å². The summed E-state index contributed by atoms with van der Waals surface area (Å²) in [7, 11) is 0. The van der Waals surface area contributed by atoms with Crippen molar-refractivity contribution >= 4 is 34.8 Å².